The van der Waals surface area contributed by atoms with Crippen LogP contribution in [-0.2, 0) is 14.3 Å². The zero-order chi connectivity index (χ0) is 20.2. The molecule has 0 spiro atoms. The van der Waals surface area contributed by atoms with Gasteiger partial charge >= 0.3 is 0 Å². The number of amides is 1. The second kappa shape index (κ2) is 11.5. The SMILES string of the molecule is CCN1C[C@H](NC(=O)c2cn3cccnc3n2)[C@@H](OC)C1.O=CO.O=CO. The fraction of sp³-hybridized carbons (Fsp3) is 0.438. The first-order valence-electron chi connectivity index (χ1n) is 8.05. The number of nitrogens with zero attached hydrogens (tertiary/aromatic N) is 4. The minimum atomic E-state index is -0.250. The van der Waals surface area contributed by atoms with Crippen LogP contribution in [0.15, 0.2) is 24.7 Å². The molecule has 148 valence electrons. The number of likely N-dealkylation sites (N-methyl/N-ethyl adjacent to an activating group) is 1. The predicted molar refractivity (Wildman–Crippen MR) is 94.5 cm³/mol. The number of carbonyl (C=O) groups is 3. The third-order valence-electron chi connectivity index (χ3n) is 3.88. The van der Waals surface area contributed by atoms with Gasteiger partial charge in [-0.1, -0.05) is 6.92 Å². The van der Waals surface area contributed by atoms with E-state index >= 15 is 0 Å². The van der Waals surface area contributed by atoms with Gasteiger partial charge in [0.1, 0.15) is 5.69 Å². The molecule has 0 aromatic carbocycles. The molecule has 2 atom stereocenters. The minimum absolute atomic E-state index is 0.0137. The molecule has 1 fully saturated rings. The summed E-state index contributed by atoms with van der Waals surface area (Å²) in [5, 5.41) is 16.8. The summed E-state index contributed by atoms with van der Waals surface area (Å²) in [7, 11) is 1.68. The van der Waals surface area contributed by atoms with E-state index in [2.05, 4.69) is 27.1 Å². The highest BCUT2D eigenvalue weighted by Crippen LogP contribution is 2.13. The van der Waals surface area contributed by atoms with Gasteiger partial charge in [-0.15, -0.1) is 0 Å². The molecule has 0 saturated carbocycles. The largest absolute Gasteiger partial charge is 0.483 e. The first kappa shape index (κ1) is 22.0. The van der Waals surface area contributed by atoms with Crippen molar-refractivity contribution in [2.24, 2.45) is 0 Å². The minimum Gasteiger partial charge on any atom is -0.483 e. The number of fused-ring (bicyclic) bond motifs is 1. The predicted octanol–water partition coefficient (Wildman–Crippen LogP) is -0.420. The number of carboxylic acid groups (broad SMARTS) is 2. The Labute approximate surface area is 155 Å². The topological polar surface area (TPSA) is 146 Å². The quantitative estimate of drug-likeness (QED) is 0.601. The van der Waals surface area contributed by atoms with E-state index in [-0.39, 0.29) is 31.0 Å². The number of methoxy groups -OCH3 is 1. The molecule has 1 aliphatic rings. The van der Waals surface area contributed by atoms with Gasteiger partial charge < -0.3 is 20.3 Å². The lowest BCUT2D eigenvalue weighted by Crippen LogP contribution is -2.43. The Bertz CT molecular complexity index is 698. The van der Waals surface area contributed by atoms with Gasteiger partial charge in [-0.25, -0.2) is 9.97 Å². The Morgan fingerprint density at radius 1 is 1.37 bits per heavy atom. The summed E-state index contributed by atoms with van der Waals surface area (Å²) in [6.45, 7) is 4.19. The highest BCUT2D eigenvalue weighted by molar-refractivity contribution is 5.93. The molecule has 1 aliphatic heterocycles. The smallest absolute Gasteiger partial charge is 0.290 e. The van der Waals surface area contributed by atoms with E-state index in [1.165, 1.54) is 0 Å². The van der Waals surface area contributed by atoms with E-state index in [1.54, 1.807) is 30.0 Å². The van der Waals surface area contributed by atoms with Crippen LogP contribution < -0.4 is 5.32 Å². The second-order valence-electron chi connectivity index (χ2n) is 5.37. The van der Waals surface area contributed by atoms with Crippen LogP contribution >= 0.6 is 0 Å². The molecule has 2 aromatic rings. The van der Waals surface area contributed by atoms with Gasteiger partial charge in [0.05, 0.1) is 12.1 Å². The van der Waals surface area contributed by atoms with Crippen LogP contribution in [0.5, 0.6) is 0 Å². The summed E-state index contributed by atoms with van der Waals surface area (Å²) >= 11 is 0. The van der Waals surface area contributed by atoms with Crippen molar-refractivity contribution >= 4 is 24.6 Å². The van der Waals surface area contributed by atoms with Gasteiger partial charge in [-0.2, -0.15) is 0 Å². The highest BCUT2D eigenvalue weighted by Gasteiger charge is 2.33. The fourth-order valence-electron chi connectivity index (χ4n) is 2.67. The molecule has 1 saturated heterocycles. The van der Waals surface area contributed by atoms with Crippen molar-refractivity contribution in [1.82, 2.24) is 24.6 Å². The zero-order valence-corrected chi connectivity index (χ0v) is 15.1. The van der Waals surface area contributed by atoms with Crippen LogP contribution in [0.4, 0.5) is 0 Å². The molecule has 11 nitrogen and oxygen atoms in total. The van der Waals surface area contributed by atoms with Crippen molar-refractivity contribution < 1.29 is 29.3 Å². The lowest BCUT2D eigenvalue weighted by molar-refractivity contribution is -0.123. The first-order valence-corrected chi connectivity index (χ1v) is 8.05. The monoisotopic (exact) mass is 381 g/mol. The summed E-state index contributed by atoms with van der Waals surface area (Å²) in [6, 6.07) is 1.79. The number of hydrogen-bond donors (Lipinski definition) is 3. The zero-order valence-electron chi connectivity index (χ0n) is 15.1. The summed E-state index contributed by atoms with van der Waals surface area (Å²) in [4.78, 5) is 39.7. The Morgan fingerprint density at radius 3 is 2.59 bits per heavy atom. The molecule has 0 bridgehead atoms. The molecule has 3 heterocycles. The Kier molecular flexibility index (Phi) is 9.40. The third kappa shape index (κ3) is 6.31. The molecular weight excluding hydrogens is 358 g/mol. The highest BCUT2D eigenvalue weighted by atomic mass is 16.5. The molecule has 11 heteroatoms. The standard InChI is InChI=1S/C14H19N5O2.2CH2O2/c1-3-18-7-10(12(9-18)21-2)16-13(20)11-8-19-6-4-5-15-14(19)17-11;2*2-1-3/h4-6,8,10,12H,3,7,9H2,1-2H3,(H,16,20);2*1H,(H,2,3)/t10-,12-;;/m0../s1. The Hall–Kier alpha value is -3.05. The molecule has 1 amide bonds. The van der Waals surface area contributed by atoms with E-state index in [4.69, 9.17) is 24.5 Å². The lowest BCUT2D eigenvalue weighted by atomic mass is 10.2. The second-order valence-corrected chi connectivity index (χ2v) is 5.37. The number of likely N-dealkylation sites (tertiary alicyclic amines) is 1. The number of nitrogens with one attached hydrogen (secondary N) is 1. The third-order valence-corrected chi connectivity index (χ3v) is 3.88. The van der Waals surface area contributed by atoms with E-state index in [0.29, 0.717) is 11.5 Å². The van der Waals surface area contributed by atoms with Crippen molar-refractivity contribution in [1.29, 1.82) is 0 Å². The molecule has 0 radical (unpaired) electrons. The molecule has 27 heavy (non-hydrogen) atoms. The molecular formula is C16H23N5O6. The van der Waals surface area contributed by atoms with Crippen LogP contribution in [0.2, 0.25) is 0 Å². The van der Waals surface area contributed by atoms with Crippen molar-refractivity contribution in [2.75, 3.05) is 26.7 Å². The maximum Gasteiger partial charge on any atom is 0.290 e. The average Bonchev–Trinajstić information content (AvgIpc) is 3.26. The average molecular weight is 381 g/mol. The Balaban J connectivity index is 0.000000540. The molecule has 0 unspecified atom stereocenters. The van der Waals surface area contributed by atoms with Gasteiger partial charge in [0.25, 0.3) is 18.9 Å². The van der Waals surface area contributed by atoms with Crippen LogP contribution in [0.3, 0.4) is 0 Å². The number of hydrogen-bond acceptors (Lipinski definition) is 7. The van der Waals surface area contributed by atoms with Gasteiger partial charge in [0.15, 0.2) is 0 Å². The number of rotatable bonds is 4. The van der Waals surface area contributed by atoms with Crippen molar-refractivity contribution in [3.63, 3.8) is 0 Å². The van der Waals surface area contributed by atoms with E-state index in [9.17, 15) is 4.79 Å². The normalized spacial score (nSPS) is 18.6. The van der Waals surface area contributed by atoms with Crippen LogP contribution in [-0.4, -0.2) is 87.2 Å². The van der Waals surface area contributed by atoms with E-state index < -0.39 is 0 Å². The summed E-state index contributed by atoms with van der Waals surface area (Å²) in [5.41, 5.74) is 0.374. The van der Waals surface area contributed by atoms with E-state index in [0.717, 1.165) is 19.6 Å². The van der Waals surface area contributed by atoms with Gasteiger partial charge in [-0.05, 0) is 12.6 Å². The van der Waals surface area contributed by atoms with Gasteiger partial charge in [-0.3, -0.25) is 23.7 Å². The van der Waals surface area contributed by atoms with E-state index in [1.807, 2.05) is 6.20 Å². The summed E-state index contributed by atoms with van der Waals surface area (Å²) in [6.07, 6.45) is 5.18. The molecule has 3 rings (SSSR count). The number of aromatic nitrogens is 3. The fourth-order valence-corrected chi connectivity index (χ4v) is 2.67. The van der Waals surface area contributed by atoms with Gasteiger partial charge in [0, 0.05) is 38.8 Å². The van der Waals surface area contributed by atoms with Gasteiger partial charge in [0.2, 0.25) is 5.78 Å². The lowest BCUT2D eigenvalue weighted by Gasteiger charge is -2.17. The summed E-state index contributed by atoms with van der Waals surface area (Å²) in [5.74, 6) is 0.332. The number of imidazole rings is 1. The molecule has 3 N–H and O–H groups in total. The Morgan fingerprint density at radius 2 is 2.04 bits per heavy atom. The number of carbonyl (C=O) groups excluding carboxylic acids is 1. The number of ether oxygens (including phenoxy) is 1. The van der Waals surface area contributed by atoms with Crippen molar-refractivity contribution in [2.45, 2.75) is 19.1 Å². The molecule has 2 aromatic heterocycles. The maximum atomic E-state index is 12.3. The summed E-state index contributed by atoms with van der Waals surface area (Å²) < 4.78 is 7.19. The maximum absolute atomic E-state index is 12.3. The first-order chi connectivity index (χ1) is 13.0. The molecule has 0 aliphatic carbocycles. The van der Waals surface area contributed by atoms with Crippen LogP contribution in [0.25, 0.3) is 5.78 Å². The van der Waals surface area contributed by atoms with Crippen LogP contribution in [0, 0.1) is 0 Å². The van der Waals surface area contributed by atoms with Crippen molar-refractivity contribution in [3.05, 3.63) is 30.4 Å². The van der Waals surface area contributed by atoms with Crippen molar-refractivity contribution in [3.8, 4) is 0 Å². The van der Waals surface area contributed by atoms with Crippen LogP contribution in [0.1, 0.15) is 17.4 Å².